The highest BCUT2D eigenvalue weighted by Gasteiger charge is 2.20. The van der Waals surface area contributed by atoms with Gasteiger partial charge in [0.05, 0.1) is 4.88 Å². The van der Waals surface area contributed by atoms with E-state index in [1.165, 1.54) is 16.2 Å². The second-order valence-corrected chi connectivity index (χ2v) is 4.47. The summed E-state index contributed by atoms with van der Waals surface area (Å²) in [5.74, 6) is -1.16. The van der Waals surface area contributed by atoms with Gasteiger partial charge >= 0.3 is 5.97 Å². The lowest BCUT2D eigenvalue weighted by Crippen LogP contribution is -2.36. The molecule has 0 aromatic carbocycles. The number of amides is 1. The van der Waals surface area contributed by atoms with Gasteiger partial charge in [0.15, 0.2) is 0 Å². The fourth-order valence-electron chi connectivity index (χ4n) is 1.42. The standard InChI is InChI=1S/C11H15NO3S/c1-3-5-12(7-9(13)14)11(15)10-8(2)4-6-16-10/h4,6H,3,5,7H2,1-2H3,(H,13,14). The van der Waals surface area contributed by atoms with Gasteiger partial charge in [-0.3, -0.25) is 9.59 Å². The molecule has 0 aliphatic heterocycles. The number of carbonyl (C=O) groups excluding carboxylic acids is 1. The maximum atomic E-state index is 12.0. The van der Waals surface area contributed by atoms with Gasteiger partial charge in [-0.2, -0.15) is 0 Å². The highest BCUT2D eigenvalue weighted by atomic mass is 32.1. The third-order valence-electron chi connectivity index (χ3n) is 2.16. The summed E-state index contributed by atoms with van der Waals surface area (Å²) in [6.07, 6.45) is 0.753. The summed E-state index contributed by atoms with van der Waals surface area (Å²) in [4.78, 5) is 24.7. The van der Waals surface area contributed by atoms with E-state index in [4.69, 9.17) is 5.11 Å². The van der Waals surface area contributed by atoms with Crippen LogP contribution in [-0.4, -0.2) is 35.0 Å². The number of rotatable bonds is 5. The van der Waals surface area contributed by atoms with E-state index in [-0.39, 0.29) is 12.5 Å². The van der Waals surface area contributed by atoms with E-state index in [0.717, 1.165) is 12.0 Å². The maximum Gasteiger partial charge on any atom is 0.323 e. The first-order chi connectivity index (χ1) is 7.56. The van der Waals surface area contributed by atoms with Crippen molar-refractivity contribution in [2.75, 3.05) is 13.1 Å². The molecule has 0 radical (unpaired) electrons. The van der Waals surface area contributed by atoms with Gasteiger partial charge < -0.3 is 10.0 Å². The first-order valence-corrected chi connectivity index (χ1v) is 5.99. The average Bonchev–Trinajstić information content (AvgIpc) is 2.62. The molecule has 0 unspecified atom stereocenters. The molecular formula is C11H15NO3S. The molecule has 0 bridgehead atoms. The summed E-state index contributed by atoms with van der Waals surface area (Å²) in [5.41, 5.74) is 0.904. The van der Waals surface area contributed by atoms with Gasteiger partial charge in [-0.25, -0.2) is 0 Å². The van der Waals surface area contributed by atoms with E-state index < -0.39 is 5.97 Å². The second kappa shape index (κ2) is 5.65. The molecule has 1 N–H and O–H groups in total. The van der Waals surface area contributed by atoms with Gasteiger partial charge in [0.1, 0.15) is 6.54 Å². The van der Waals surface area contributed by atoms with Crippen molar-refractivity contribution in [3.63, 3.8) is 0 Å². The number of aliphatic carboxylic acids is 1. The van der Waals surface area contributed by atoms with Crippen LogP contribution in [-0.2, 0) is 4.79 Å². The zero-order chi connectivity index (χ0) is 12.1. The predicted octanol–water partition coefficient (Wildman–Crippen LogP) is 1.99. The number of hydrogen-bond acceptors (Lipinski definition) is 3. The van der Waals surface area contributed by atoms with Crippen molar-refractivity contribution < 1.29 is 14.7 Å². The van der Waals surface area contributed by atoms with Crippen LogP contribution in [0.3, 0.4) is 0 Å². The van der Waals surface area contributed by atoms with Gasteiger partial charge in [0, 0.05) is 6.54 Å². The Bertz CT molecular complexity index is 386. The Morgan fingerprint density at radius 2 is 2.19 bits per heavy atom. The Balaban J connectivity index is 2.82. The predicted molar refractivity (Wildman–Crippen MR) is 62.9 cm³/mol. The minimum absolute atomic E-state index is 0.184. The van der Waals surface area contributed by atoms with Crippen LogP contribution in [0, 0.1) is 6.92 Å². The molecule has 0 aliphatic rings. The summed E-state index contributed by atoms with van der Waals surface area (Å²) >= 11 is 1.35. The number of nitrogens with zero attached hydrogens (tertiary/aromatic N) is 1. The molecule has 0 spiro atoms. The quantitative estimate of drug-likeness (QED) is 0.857. The van der Waals surface area contributed by atoms with Gasteiger partial charge in [-0.15, -0.1) is 11.3 Å². The van der Waals surface area contributed by atoms with Crippen LogP contribution in [0.15, 0.2) is 11.4 Å². The molecule has 1 aromatic rings. The molecule has 0 atom stereocenters. The molecule has 5 heteroatoms. The Hall–Kier alpha value is -1.36. The Morgan fingerprint density at radius 1 is 1.50 bits per heavy atom. The van der Waals surface area contributed by atoms with Crippen molar-refractivity contribution in [2.24, 2.45) is 0 Å². The number of carboxylic acid groups (broad SMARTS) is 1. The highest BCUT2D eigenvalue weighted by Crippen LogP contribution is 2.18. The van der Waals surface area contributed by atoms with E-state index >= 15 is 0 Å². The SMILES string of the molecule is CCCN(CC(=O)O)C(=O)c1sccc1C. The number of hydrogen-bond donors (Lipinski definition) is 1. The highest BCUT2D eigenvalue weighted by molar-refractivity contribution is 7.12. The smallest absolute Gasteiger partial charge is 0.323 e. The summed E-state index contributed by atoms with van der Waals surface area (Å²) in [5, 5.41) is 10.6. The minimum Gasteiger partial charge on any atom is -0.480 e. The molecule has 1 amide bonds. The van der Waals surface area contributed by atoms with Gasteiger partial charge in [-0.1, -0.05) is 6.92 Å². The molecule has 0 aliphatic carbocycles. The largest absolute Gasteiger partial charge is 0.480 e. The van der Waals surface area contributed by atoms with Crippen LogP contribution >= 0.6 is 11.3 Å². The first kappa shape index (κ1) is 12.7. The molecule has 0 saturated carbocycles. The molecule has 1 rings (SSSR count). The van der Waals surface area contributed by atoms with Crippen LogP contribution in [0.25, 0.3) is 0 Å². The number of aryl methyl sites for hydroxylation is 1. The summed E-state index contributed by atoms with van der Waals surface area (Å²) in [6.45, 7) is 4.02. The molecule has 1 aromatic heterocycles. The van der Waals surface area contributed by atoms with Crippen LogP contribution in [0.4, 0.5) is 0 Å². The maximum absolute atomic E-state index is 12.0. The monoisotopic (exact) mass is 241 g/mol. The third kappa shape index (κ3) is 3.06. The second-order valence-electron chi connectivity index (χ2n) is 3.55. The fraction of sp³-hybridized carbons (Fsp3) is 0.455. The average molecular weight is 241 g/mol. The number of carboxylic acids is 1. The topological polar surface area (TPSA) is 57.6 Å². The third-order valence-corrected chi connectivity index (χ3v) is 3.17. The molecule has 0 fully saturated rings. The molecule has 4 nitrogen and oxygen atoms in total. The lowest BCUT2D eigenvalue weighted by molar-refractivity contribution is -0.137. The minimum atomic E-state index is -0.976. The summed E-state index contributed by atoms with van der Waals surface area (Å²) in [7, 11) is 0. The van der Waals surface area contributed by atoms with E-state index in [1.807, 2.05) is 25.3 Å². The van der Waals surface area contributed by atoms with Crippen molar-refractivity contribution in [3.05, 3.63) is 21.9 Å². The van der Waals surface area contributed by atoms with E-state index in [0.29, 0.717) is 11.4 Å². The molecule has 16 heavy (non-hydrogen) atoms. The first-order valence-electron chi connectivity index (χ1n) is 5.11. The van der Waals surface area contributed by atoms with Crippen molar-refractivity contribution in [1.29, 1.82) is 0 Å². The molecule has 1 heterocycles. The lowest BCUT2D eigenvalue weighted by atomic mass is 10.2. The Labute approximate surface area is 98.5 Å². The number of thiophene rings is 1. The molecular weight excluding hydrogens is 226 g/mol. The van der Waals surface area contributed by atoms with Crippen LogP contribution in [0.1, 0.15) is 28.6 Å². The summed E-state index contributed by atoms with van der Waals surface area (Å²) < 4.78 is 0. The van der Waals surface area contributed by atoms with Crippen molar-refractivity contribution in [1.82, 2.24) is 4.90 Å². The molecule has 0 saturated heterocycles. The Kier molecular flexibility index (Phi) is 4.49. The van der Waals surface area contributed by atoms with E-state index in [9.17, 15) is 9.59 Å². The van der Waals surface area contributed by atoms with Gasteiger partial charge in [0.2, 0.25) is 0 Å². The van der Waals surface area contributed by atoms with Crippen LogP contribution in [0.5, 0.6) is 0 Å². The Morgan fingerprint density at radius 3 is 2.62 bits per heavy atom. The van der Waals surface area contributed by atoms with E-state index in [1.54, 1.807) is 0 Å². The normalized spacial score (nSPS) is 10.1. The van der Waals surface area contributed by atoms with Crippen molar-refractivity contribution in [2.45, 2.75) is 20.3 Å². The van der Waals surface area contributed by atoms with E-state index in [2.05, 4.69) is 0 Å². The van der Waals surface area contributed by atoms with Gasteiger partial charge in [0.25, 0.3) is 5.91 Å². The van der Waals surface area contributed by atoms with Crippen molar-refractivity contribution in [3.8, 4) is 0 Å². The van der Waals surface area contributed by atoms with Gasteiger partial charge in [-0.05, 0) is 30.4 Å². The lowest BCUT2D eigenvalue weighted by Gasteiger charge is -2.19. The summed E-state index contributed by atoms with van der Waals surface area (Å²) in [6, 6.07) is 1.86. The zero-order valence-electron chi connectivity index (χ0n) is 9.40. The van der Waals surface area contributed by atoms with Crippen molar-refractivity contribution >= 4 is 23.2 Å². The zero-order valence-corrected chi connectivity index (χ0v) is 10.2. The molecule has 88 valence electrons. The van der Waals surface area contributed by atoms with Crippen LogP contribution in [0.2, 0.25) is 0 Å². The van der Waals surface area contributed by atoms with Crippen LogP contribution < -0.4 is 0 Å². The fourth-order valence-corrected chi connectivity index (χ4v) is 2.31. The number of carbonyl (C=O) groups is 2.